The van der Waals surface area contributed by atoms with Gasteiger partial charge in [0.05, 0.1) is 5.69 Å². The molecule has 0 aromatic carbocycles. The average molecular weight is 231 g/mol. The molecule has 3 nitrogen and oxygen atoms in total. The maximum absolute atomic E-state index is 11.0. The molecule has 0 N–H and O–H groups in total. The average Bonchev–Trinajstić information content (AvgIpc) is 2.39. The van der Waals surface area contributed by atoms with Gasteiger partial charge < -0.3 is 0 Å². The Kier molecular flexibility index (Phi) is 3.13. The fourth-order valence-electron chi connectivity index (χ4n) is 1.35. The maximum Gasteiger partial charge on any atom is 0.271 e. The van der Waals surface area contributed by atoms with E-state index in [1.54, 1.807) is 17.5 Å². The Morgan fingerprint density at radius 2 is 2.21 bits per heavy atom. The third kappa shape index (κ3) is 1.61. The van der Waals surface area contributed by atoms with Crippen LogP contribution in [0.25, 0.3) is 5.65 Å². The van der Waals surface area contributed by atoms with Crippen molar-refractivity contribution < 1.29 is 4.79 Å². The van der Waals surface area contributed by atoms with E-state index in [1.165, 1.54) is 0 Å². The van der Waals surface area contributed by atoms with E-state index in [4.69, 9.17) is 11.6 Å². The zero-order chi connectivity index (χ0) is 9.42. The quantitative estimate of drug-likeness (QED) is 0.706. The second kappa shape index (κ2) is 3.98. The summed E-state index contributed by atoms with van der Waals surface area (Å²) in [5.41, 5.74) is 1.84. The monoisotopic (exact) mass is 230 g/mol. The Bertz CT molecular complexity index is 479. The van der Waals surface area contributed by atoms with Crippen molar-refractivity contribution in [1.82, 2.24) is 9.38 Å². The van der Waals surface area contributed by atoms with Gasteiger partial charge >= 0.3 is 0 Å². The summed E-state index contributed by atoms with van der Waals surface area (Å²) in [5.74, 6) is 0. The number of hydrogen-bond acceptors (Lipinski definition) is 2. The standard InChI is InChI=1S/C9H7ClN2O.ClH/c1-6-8(9(10)13)12-5-3-2-4-7(12)11-6;/h2-5H,1H3;1H. The van der Waals surface area contributed by atoms with Gasteiger partial charge in [0, 0.05) is 6.20 Å². The lowest BCUT2D eigenvalue weighted by molar-refractivity contribution is 0.107. The van der Waals surface area contributed by atoms with E-state index in [-0.39, 0.29) is 12.4 Å². The van der Waals surface area contributed by atoms with Crippen molar-refractivity contribution in [2.45, 2.75) is 6.92 Å². The lowest BCUT2D eigenvalue weighted by Crippen LogP contribution is -1.97. The number of nitrogens with zero attached hydrogens (tertiary/aromatic N) is 2. The van der Waals surface area contributed by atoms with Crippen LogP contribution in [0.3, 0.4) is 0 Å². The van der Waals surface area contributed by atoms with Gasteiger partial charge in [0.1, 0.15) is 11.3 Å². The summed E-state index contributed by atoms with van der Waals surface area (Å²) in [6.07, 6.45) is 1.77. The van der Waals surface area contributed by atoms with Crippen LogP contribution in [0.2, 0.25) is 0 Å². The Hall–Kier alpha value is -1.06. The molecule has 14 heavy (non-hydrogen) atoms. The van der Waals surface area contributed by atoms with Gasteiger partial charge in [0.2, 0.25) is 0 Å². The highest BCUT2D eigenvalue weighted by Gasteiger charge is 2.13. The lowest BCUT2D eigenvalue weighted by Gasteiger charge is -1.94. The molecule has 0 aliphatic heterocycles. The highest BCUT2D eigenvalue weighted by atomic mass is 35.5. The van der Waals surface area contributed by atoms with Crippen LogP contribution < -0.4 is 0 Å². The minimum absolute atomic E-state index is 0. The van der Waals surface area contributed by atoms with Gasteiger partial charge in [-0.25, -0.2) is 4.98 Å². The van der Waals surface area contributed by atoms with E-state index < -0.39 is 5.24 Å². The van der Waals surface area contributed by atoms with Crippen molar-refractivity contribution >= 4 is 34.9 Å². The fraction of sp³-hybridized carbons (Fsp3) is 0.111. The van der Waals surface area contributed by atoms with Crippen LogP contribution >= 0.6 is 24.0 Å². The molecule has 2 aromatic heterocycles. The molecule has 0 bridgehead atoms. The van der Waals surface area contributed by atoms with Crippen LogP contribution in [0, 0.1) is 6.92 Å². The van der Waals surface area contributed by atoms with Gasteiger partial charge in [-0.15, -0.1) is 12.4 Å². The molecule has 2 heterocycles. The lowest BCUT2D eigenvalue weighted by atomic mass is 10.4. The number of carbonyl (C=O) groups is 1. The van der Waals surface area contributed by atoms with Crippen LogP contribution in [0.5, 0.6) is 0 Å². The Morgan fingerprint density at radius 1 is 1.50 bits per heavy atom. The first kappa shape index (κ1) is 11.0. The number of imidazole rings is 1. The topological polar surface area (TPSA) is 34.4 Å². The molecule has 0 atom stereocenters. The number of carbonyl (C=O) groups excluding carboxylic acids is 1. The molecule has 0 aliphatic carbocycles. The van der Waals surface area contributed by atoms with Crippen molar-refractivity contribution in [2.24, 2.45) is 0 Å². The predicted molar refractivity (Wildman–Crippen MR) is 57.4 cm³/mol. The van der Waals surface area contributed by atoms with E-state index >= 15 is 0 Å². The highest BCUT2D eigenvalue weighted by Crippen LogP contribution is 2.13. The second-order valence-corrected chi connectivity index (χ2v) is 3.09. The first-order valence-corrected chi connectivity index (χ1v) is 4.21. The van der Waals surface area contributed by atoms with E-state index in [1.807, 2.05) is 18.2 Å². The molecule has 0 saturated carbocycles. The van der Waals surface area contributed by atoms with Gasteiger partial charge in [0.15, 0.2) is 0 Å². The molecule has 5 heteroatoms. The molecule has 0 radical (unpaired) electrons. The molecule has 2 aromatic rings. The number of hydrogen-bond donors (Lipinski definition) is 0. The molecule has 0 spiro atoms. The van der Waals surface area contributed by atoms with Crippen molar-refractivity contribution in [1.29, 1.82) is 0 Å². The zero-order valence-corrected chi connectivity index (χ0v) is 8.97. The Labute approximate surface area is 92.1 Å². The molecule has 0 unspecified atom stereocenters. The molecule has 0 amide bonds. The van der Waals surface area contributed by atoms with Gasteiger partial charge in [-0.2, -0.15) is 0 Å². The third-order valence-corrected chi connectivity index (χ3v) is 2.07. The van der Waals surface area contributed by atoms with Gasteiger partial charge in [0.25, 0.3) is 5.24 Å². The largest absolute Gasteiger partial charge is 0.296 e. The number of pyridine rings is 1. The molecule has 74 valence electrons. The Morgan fingerprint density at radius 3 is 2.86 bits per heavy atom. The van der Waals surface area contributed by atoms with E-state index in [2.05, 4.69) is 4.98 Å². The van der Waals surface area contributed by atoms with E-state index in [9.17, 15) is 4.79 Å². The van der Waals surface area contributed by atoms with Crippen molar-refractivity contribution in [3.8, 4) is 0 Å². The Balaban J connectivity index is 0.000000980. The summed E-state index contributed by atoms with van der Waals surface area (Å²) in [6, 6.07) is 5.53. The summed E-state index contributed by atoms with van der Waals surface area (Å²) >= 11 is 5.43. The van der Waals surface area contributed by atoms with E-state index in [0.29, 0.717) is 11.4 Å². The second-order valence-electron chi connectivity index (χ2n) is 2.75. The minimum Gasteiger partial charge on any atom is -0.296 e. The molecular weight excluding hydrogens is 223 g/mol. The fourth-order valence-corrected chi connectivity index (χ4v) is 1.58. The minimum atomic E-state index is -0.476. The number of fused-ring (bicyclic) bond motifs is 1. The number of rotatable bonds is 1. The summed E-state index contributed by atoms with van der Waals surface area (Å²) < 4.78 is 1.69. The van der Waals surface area contributed by atoms with Gasteiger partial charge in [-0.1, -0.05) is 6.07 Å². The smallest absolute Gasteiger partial charge is 0.271 e. The normalized spacial score (nSPS) is 9.86. The molecule has 0 saturated heterocycles. The van der Waals surface area contributed by atoms with Crippen LogP contribution in [-0.4, -0.2) is 14.6 Å². The number of aryl methyl sites for hydroxylation is 1. The van der Waals surface area contributed by atoms with Gasteiger partial charge in [-0.05, 0) is 30.7 Å². The first-order chi connectivity index (χ1) is 6.20. The summed E-state index contributed by atoms with van der Waals surface area (Å²) in [4.78, 5) is 15.2. The zero-order valence-electron chi connectivity index (χ0n) is 7.40. The van der Waals surface area contributed by atoms with Gasteiger partial charge in [-0.3, -0.25) is 9.20 Å². The van der Waals surface area contributed by atoms with Crippen molar-refractivity contribution in [2.75, 3.05) is 0 Å². The highest BCUT2D eigenvalue weighted by molar-refractivity contribution is 6.67. The summed E-state index contributed by atoms with van der Waals surface area (Å²) in [6.45, 7) is 1.77. The summed E-state index contributed by atoms with van der Waals surface area (Å²) in [5, 5.41) is -0.476. The van der Waals surface area contributed by atoms with Crippen molar-refractivity contribution in [3.05, 3.63) is 35.8 Å². The van der Waals surface area contributed by atoms with E-state index in [0.717, 1.165) is 5.65 Å². The van der Waals surface area contributed by atoms with Crippen LogP contribution in [-0.2, 0) is 0 Å². The number of halogens is 2. The first-order valence-electron chi connectivity index (χ1n) is 3.83. The van der Waals surface area contributed by atoms with Crippen molar-refractivity contribution in [3.63, 3.8) is 0 Å². The van der Waals surface area contributed by atoms with Crippen LogP contribution in [0.1, 0.15) is 16.2 Å². The SMILES string of the molecule is Cc1nc2ccccn2c1C(=O)Cl.Cl. The molecule has 0 aliphatic rings. The molecular formula is C9H8Cl2N2O. The van der Waals surface area contributed by atoms with Crippen LogP contribution in [0.15, 0.2) is 24.4 Å². The molecule has 2 rings (SSSR count). The molecule has 0 fully saturated rings. The third-order valence-electron chi connectivity index (χ3n) is 1.89. The number of aromatic nitrogens is 2. The predicted octanol–water partition coefficient (Wildman–Crippen LogP) is 2.44. The van der Waals surface area contributed by atoms with Crippen LogP contribution in [0.4, 0.5) is 0 Å². The summed E-state index contributed by atoms with van der Waals surface area (Å²) in [7, 11) is 0. The maximum atomic E-state index is 11.0.